The molecule has 10 heteroatoms. The van der Waals surface area contributed by atoms with Gasteiger partial charge in [0.25, 0.3) is 11.2 Å². The van der Waals surface area contributed by atoms with Gasteiger partial charge in [-0.1, -0.05) is 22.9 Å². The molecule has 1 aromatic carbocycles. The maximum Gasteiger partial charge on any atom is 0.288 e. The Kier molecular flexibility index (Phi) is 3.29. The molecule has 2 rings (SSSR count). The minimum Gasteiger partial charge on any atom is -0.267 e. The van der Waals surface area contributed by atoms with Crippen LogP contribution in [-0.4, -0.2) is 24.6 Å². The molecule has 0 atom stereocenters. The molecule has 0 aliphatic carbocycles. The zero-order chi connectivity index (χ0) is 14.4. The third-order valence-electron chi connectivity index (χ3n) is 2.27. The smallest absolute Gasteiger partial charge is 0.267 e. The van der Waals surface area contributed by atoms with Crippen LogP contribution in [0.1, 0.15) is 0 Å². The summed E-state index contributed by atoms with van der Waals surface area (Å²) in [5.74, 6) is 0. The number of benzene rings is 1. The standard InChI is InChI=1S/C9H5ClN2O5S2/c1-19(16,17)4-2-5-7(6(3-4)12(14)15)18-9(10)11-8(5)13/h2-3H,1H3. The van der Waals surface area contributed by atoms with Crippen LogP contribution in [0.3, 0.4) is 0 Å². The van der Waals surface area contributed by atoms with E-state index in [-0.39, 0.29) is 19.4 Å². The van der Waals surface area contributed by atoms with Crippen LogP contribution in [0.5, 0.6) is 0 Å². The van der Waals surface area contributed by atoms with E-state index in [0.717, 1.165) is 29.7 Å². The predicted molar refractivity (Wildman–Crippen MR) is 70.7 cm³/mol. The molecule has 0 N–H and O–H groups in total. The summed E-state index contributed by atoms with van der Waals surface area (Å²) < 4.78 is 22.8. The first kappa shape index (κ1) is 13.8. The van der Waals surface area contributed by atoms with Crippen molar-refractivity contribution >= 4 is 48.5 Å². The number of nitrogens with zero attached hydrogens (tertiary/aromatic N) is 2. The summed E-state index contributed by atoms with van der Waals surface area (Å²) in [6.07, 6.45) is 0.898. The van der Waals surface area contributed by atoms with Crippen molar-refractivity contribution in [1.29, 1.82) is 0 Å². The van der Waals surface area contributed by atoms with E-state index in [4.69, 9.17) is 11.6 Å². The summed E-state index contributed by atoms with van der Waals surface area (Å²) in [5.41, 5.74) is -1.28. The largest absolute Gasteiger partial charge is 0.288 e. The first-order valence-electron chi connectivity index (χ1n) is 4.69. The molecule has 0 bridgehead atoms. The lowest BCUT2D eigenvalue weighted by atomic mass is 10.2. The minimum atomic E-state index is -3.68. The number of hydrogen-bond donors (Lipinski definition) is 0. The highest BCUT2D eigenvalue weighted by Crippen LogP contribution is 2.32. The molecule has 0 radical (unpaired) electrons. The molecule has 0 saturated heterocycles. The van der Waals surface area contributed by atoms with Crippen LogP contribution in [0.15, 0.2) is 21.8 Å². The van der Waals surface area contributed by atoms with E-state index in [1.807, 2.05) is 0 Å². The minimum absolute atomic E-state index is 0.00222. The van der Waals surface area contributed by atoms with Gasteiger partial charge < -0.3 is 0 Å². The van der Waals surface area contributed by atoms with Crippen LogP contribution in [0.25, 0.3) is 10.1 Å². The maximum absolute atomic E-state index is 11.6. The Morgan fingerprint density at radius 2 is 2.05 bits per heavy atom. The Morgan fingerprint density at radius 3 is 2.58 bits per heavy atom. The van der Waals surface area contributed by atoms with Crippen LogP contribution in [0.2, 0.25) is 4.47 Å². The van der Waals surface area contributed by atoms with Crippen molar-refractivity contribution in [3.63, 3.8) is 0 Å². The number of halogens is 1. The van der Waals surface area contributed by atoms with Crippen molar-refractivity contribution < 1.29 is 13.3 Å². The predicted octanol–water partition coefficient (Wildman–Crippen LogP) is 1.62. The van der Waals surface area contributed by atoms with Crippen molar-refractivity contribution in [2.45, 2.75) is 4.90 Å². The summed E-state index contributed by atoms with van der Waals surface area (Å²) in [6, 6.07) is 1.98. The fourth-order valence-corrected chi connectivity index (χ4v) is 3.21. The summed E-state index contributed by atoms with van der Waals surface area (Å²) >= 11 is 6.34. The number of non-ortho nitro benzene ring substituents is 1. The molecule has 0 aliphatic rings. The maximum atomic E-state index is 11.6. The number of aromatic nitrogens is 1. The van der Waals surface area contributed by atoms with Gasteiger partial charge in [-0.2, -0.15) is 4.98 Å². The number of hydrogen-bond acceptors (Lipinski definition) is 7. The highest BCUT2D eigenvalue weighted by Gasteiger charge is 2.21. The van der Waals surface area contributed by atoms with Crippen molar-refractivity contribution in [3.05, 3.63) is 37.1 Å². The van der Waals surface area contributed by atoms with Crippen molar-refractivity contribution in [3.8, 4) is 0 Å². The van der Waals surface area contributed by atoms with Crippen LogP contribution in [0.4, 0.5) is 5.69 Å². The van der Waals surface area contributed by atoms with E-state index in [2.05, 4.69) is 4.98 Å². The van der Waals surface area contributed by atoms with Gasteiger partial charge in [-0.15, -0.1) is 0 Å². The highest BCUT2D eigenvalue weighted by atomic mass is 35.5. The lowest BCUT2D eigenvalue weighted by molar-refractivity contribution is -0.383. The molecule has 0 unspecified atom stereocenters. The Labute approximate surface area is 115 Å². The van der Waals surface area contributed by atoms with E-state index < -0.39 is 26.0 Å². The molecule has 0 saturated carbocycles. The van der Waals surface area contributed by atoms with Crippen molar-refractivity contribution in [1.82, 2.24) is 4.98 Å². The summed E-state index contributed by atoms with van der Waals surface area (Å²) in [5, 5.41) is 10.8. The molecule has 0 amide bonds. The SMILES string of the molecule is CS(=O)(=O)c1cc([N+](=O)[O-])c2sc(Cl)nc(=O)c2c1. The van der Waals surface area contributed by atoms with E-state index in [0.29, 0.717) is 0 Å². The molecule has 1 heterocycles. The number of sulfone groups is 1. The van der Waals surface area contributed by atoms with Crippen LogP contribution in [0, 0.1) is 10.1 Å². The lowest BCUT2D eigenvalue weighted by Crippen LogP contribution is -2.08. The van der Waals surface area contributed by atoms with Crippen LogP contribution < -0.4 is 5.56 Å². The van der Waals surface area contributed by atoms with Gasteiger partial charge in [-0.05, 0) is 6.07 Å². The number of rotatable bonds is 2. The lowest BCUT2D eigenvalue weighted by Gasteiger charge is -2.02. The normalized spacial score (nSPS) is 11.7. The van der Waals surface area contributed by atoms with E-state index >= 15 is 0 Å². The fraction of sp³-hybridized carbons (Fsp3) is 0.111. The van der Waals surface area contributed by atoms with Gasteiger partial charge in [0.1, 0.15) is 4.70 Å². The average Bonchev–Trinajstić information content (AvgIpc) is 2.25. The summed E-state index contributed by atoms with van der Waals surface area (Å²) in [6.45, 7) is 0. The quantitative estimate of drug-likeness (QED) is 0.614. The second-order valence-corrected chi connectivity index (χ2v) is 7.22. The molecule has 19 heavy (non-hydrogen) atoms. The Balaban J connectivity index is 3.05. The van der Waals surface area contributed by atoms with E-state index in [1.165, 1.54) is 0 Å². The molecule has 0 spiro atoms. The van der Waals surface area contributed by atoms with Crippen molar-refractivity contribution in [2.75, 3.05) is 6.26 Å². The van der Waals surface area contributed by atoms with Gasteiger partial charge in [0.2, 0.25) is 0 Å². The van der Waals surface area contributed by atoms with E-state index in [1.54, 1.807) is 0 Å². The second-order valence-electron chi connectivity index (χ2n) is 3.62. The van der Waals surface area contributed by atoms with Crippen LogP contribution in [-0.2, 0) is 9.84 Å². The van der Waals surface area contributed by atoms with Gasteiger partial charge in [-0.3, -0.25) is 14.9 Å². The summed E-state index contributed by atoms with van der Waals surface area (Å²) in [7, 11) is -3.68. The first-order valence-corrected chi connectivity index (χ1v) is 7.77. The van der Waals surface area contributed by atoms with Crippen LogP contribution >= 0.6 is 22.9 Å². The molecule has 100 valence electrons. The van der Waals surface area contributed by atoms with Gasteiger partial charge in [0.15, 0.2) is 14.3 Å². The number of nitro benzene ring substituents is 1. The molecule has 1 aromatic heterocycles. The third-order valence-corrected chi connectivity index (χ3v) is 4.57. The second kappa shape index (κ2) is 4.51. The molecule has 0 fully saturated rings. The number of nitro groups is 1. The topological polar surface area (TPSA) is 107 Å². The average molecular weight is 321 g/mol. The Morgan fingerprint density at radius 1 is 1.42 bits per heavy atom. The third kappa shape index (κ3) is 2.57. The molecular formula is C9H5ClN2O5S2. The van der Waals surface area contributed by atoms with E-state index in [9.17, 15) is 23.3 Å². The first-order chi connectivity index (χ1) is 8.70. The van der Waals surface area contributed by atoms with Gasteiger partial charge in [-0.25, -0.2) is 8.42 Å². The summed E-state index contributed by atoms with van der Waals surface area (Å²) in [4.78, 5) is 25.0. The zero-order valence-corrected chi connectivity index (χ0v) is 11.7. The monoisotopic (exact) mass is 320 g/mol. The van der Waals surface area contributed by atoms with Gasteiger partial charge in [0, 0.05) is 12.3 Å². The molecular weight excluding hydrogens is 316 g/mol. The fourth-order valence-electron chi connectivity index (χ4n) is 1.45. The molecule has 7 nitrogen and oxygen atoms in total. The highest BCUT2D eigenvalue weighted by molar-refractivity contribution is 7.90. The van der Waals surface area contributed by atoms with Crippen molar-refractivity contribution in [2.24, 2.45) is 0 Å². The molecule has 2 aromatic rings. The Bertz CT molecular complexity index is 859. The number of fused-ring (bicyclic) bond motifs is 1. The molecule has 0 aliphatic heterocycles. The van der Waals surface area contributed by atoms with Gasteiger partial charge >= 0.3 is 0 Å². The Hall–Kier alpha value is -1.58. The zero-order valence-electron chi connectivity index (χ0n) is 9.28. The van der Waals surface area contributed by atoms with Gasteiger partial charge in [0.05, 0.1) is 15.2 Å².